The molecule has 0 fully saturated rings. The number of hydrogen-bond acceptors (Lipinski definition) is 4. The average molecular weight is 462 g/mol. The molecule has 0 N–H and O–H groups in total. The fourth-order valence-electron chi connectivity index (χ4n) is 2.94. The molecule has 6 heteroatoms. The summed E-state index contributed by atoms with van der Waals surface area (Å²) in [4.78, 5) is 15.1. The maximum Gasteiger partial charge on any atom is 0.256 e. The number of amides is 1. The van der Waals surface area contributed by atoms with Gasteiger partial charge >= 0.3 is 0 Å². The van der Waals surface area contributed by atoms with Gasteiger partial charge in [0.1, 0.15) is 12.4 Å². The normalized spacial score (nSPS) is 13.0. The topological polar surface area (TPSA) is 45.1 Å². The minimum atomic E-state index is -0.115. The number of aryl methyl sites for hydroxylation is 1. The summed E-state index contributed by atoms with van der Waals surface area (Å²) < 4.78 is 6.70. The molecule has 0 unspecified atom stereocenters. The van der Waals surface area contributed by atoms with Crippen molar-refractivity contribution in [2.45, 2.75) is 40.7 Å². The van der Waals surface area contributed by atoms with Gasteiger partial charge in [-0.1, -0.05) is 40.7 Å². The Kier molecular flexibility index (Phi) is 10.5. The quantitative estimate of drug-likeness (QED) is 0.195. The van der Waals surface area contributed by atoms with E-state index in [9.17, 15) is 4.79 Å². The maximum atomic E-state index is 13.3. The fourth-order valence-corrected chi connectivity index (χ4v) is 3.07. The van der Waals surface area contributed by atoms with Gasteiger partial charge in [-0.2, -0.15) is 5.10 Å². The van der Waals surface area contributed by atoms with Crippen molar-refractivity contribution in [2.24, 2.45) is 5.10 Å². The van der Waals surface area contributed by atoms with Crippen LogP contribution in [0, 0.1) is 6.92 Å². The van der Waals surface area contributed by atoms with Gasteiger partial charge in [0.15, 0.2) is 0 Å². The van der Waals surface area contributed by atoms with Crippen LogP contribution in [0.3, 0.4) is 0 Å². The number of allylic oxidation sites excluding steroid dienone is 4. The number of nitrogens with zero attached hydrogens (tertiary/aromatic N) is 3. The molecule has 0 radical (unpaired) electrons. The predicted octanol–water partition coefficient (Wildman–Crippen LogP) is 5.67. The van der Waals surface area contributed by atoms with Crippen molar-refractivity contribution in [3.05, 3.63) is 64.4 Å². The molecule has 0 aromatic heterocycles. The zero-order valence-electron chi connectivity index (χ0n) is 18.3. The lowest BCUT2D eigenvalue weighted by Crippen LogP contribution is -2.41. The highest BCUT2D eigenvalue weighted by Crippen LogP contribution is 2.26. The first-order valence-electron chi connectivity index (χ1n) is 9.71. The molecule has 0 aliphatic rings. The number of hydrogen-bond donors (Lipinski definition) is 0. The summed E-state index contributed by atoms with van der Waals surface area (Å²) in [6.07, 6.45) is 7.31. The number of hydrazone groups is 1. The second kappa shape index (κ2) is 12.3. The minimum Gasteiger partial charge on any atom is -0.492 e. The van der Waals surface area contributed by atoms with E-state index in [2.05, 4.69) is 27.6 Å². The van der Waals surface area contributed by atoms with E-state index >= 15 is 0 Å². The Labute approximate surface area is 183 Å². The van der Waals surface area contributed by atoms with Crippen LogP contribution in [-0.4, -0.2) is 43.3 Å². The molecule has 5 nitrogen and oxygen atoms in total. The van der Waals surface area contributed by atoms with Crippen molar-refractivity contribution in [2.75, 3.05) is 25.2 Å². The van der Waals surface area contributed by atoms with Gasteiger partial charge in [0, 0.05) is 24.3 Å². The van der Waals surface area contributed by atoms with Crippen LogP contribution in [0.2, 0.25) is 0 Å². The highest BCUT2D eigenvalue weighted by molar-refractivity contribution is 9.11. The molecular weight excluding hydrogens is 430 g/mol. The molecule has 0 aliphatic carbocycles. The van der Waals surface area contributed by atoms with Crippen molar-refractivity contribution >= 4 is 33.7 Å². The molecule has 1 rings (SSSR count). The third kappa shape index (κ3) is 7.20. The van der Waals surface area contributed by atoms with Crippen LogP contribution in [0.25, 0.3) is 0 Å². The average Bonchev–Trinajstić information content (AvgIpc) is 2.70. The lowest BCUT2D eigenvalue weighted by atomic mass is 10.1. The van der Waals surface area contributed by atoms with Crippen LogP contribution in [0.1, 0.15) is 43.6 Å². The molecular formula is C23H32BrN3O2. The first-order valence-corrected chi connectivity index (χ1v) is 10.5. The monoisotopic (exact) mass is 461 g/mol. The SMILES string of the molecule is C=C(/C=C\C(Br)=C/C)OC[C@H](C)N(CC)C(=O)c1cccc(C)c1N(C)/N=C\C. The van der Waals surface area contributed by atoms with Crippen LogP contribution >= 0.6 is 15.9 Å². The summed E-state index contributed by atoms with van der Waals surface area (Å²) in [7, 11) is 1.85. The second-order valence-electron chi connectivity index (χ2n) is 6.59. The lowest BCUT2D eigenvalue weighted by molar-refractivity contribution is 0.0604. The van der Waals surface area contributed by atoms with Gasteiger partial charge in [-0.25, -0.2) is 0 Å². The van der Waals surface area contributed by atoms with E-state index in [1.54, 1.807) is 22.2 Å². The van der Waals surface area contributed by atoms with Gasteiger partial charge in [-0.05, 0) is 58.4 Å². The van der Waals surface area contributed by atoms with Gasteiger partial charge in [0.05, 0.1) is 17.3 Å². The number of carbonyl (C=O) groups excluding carboxylic acids is 1. The van der Waals surface area contributed by atoms with E-state index in [0.29, 0.717) is 24.5 Å². The number of ether oxygens (including phenoxy) is 1. The van der Waals surface area contributed by atoms with Crippen LogP contribution < -0.4 is 5.01 Å². The molecule has 1 aromatic carbocycles. The van der Waals surface area contributed by atoms with E-state index in [1.165, 1.54) is 0 Å². The Hall–Kier alpha value is -2.34. The number of para-hydroxylation sites is 1. The summed E-state index contributed by atoms with van der Waals surface area (Å²) in [6.45, 7) is 14.6. The summed E-state index contributed by atoms with van der Waals surface area (Å²) in [5.74, 6) is 0.505. The maximum absolute atomic E-state index is 13.3. The Balaban J connectivity index is 2.98. The van der Waals surface area contributed by atoms with Gasteiger partial charge in [0.2, 0.25) is 0 Å². The van der Waals surface area contributed by atoms with Gasteiger partial charge in [-0.3, -0.25) is 9.80 Å². The largest absolute Gasteiger partial charge is 0.492 e. The number of anilines is 1. The van der Waals surface area contributed by atoms with Crippen LogP contribution in [0.15, 0.2) is 58.3 Å². The third-order valence-corrected chi connectivity index (χ3v) is 5.15. The molecule has 0 saturated carbocycles. The Morgan fingerprint density at radius 3 is 2.62 bits per heavy atom. The summed E-state index contributed by atoms with van der Waals surface area (Å²) in [5.41, 5.74) is 2.44. The number of halogens is 1. The molecule has 0 aliphatic heterocycles. The fraction of sp³-hybridized carbons (Fsp3) is 0.391. The minimum absolute atomic E-state index is 0.0433. The smallest absolute Gasteiger partial charge is 0.256 e. The van der Waals surface area contributed by atoms with E-state index < -0.39 is 0 Å². The highest BCUT2D eigenvalue weighted by atomic mass is 79.9. The molecule has 0 saturated heterocycles. The van der Waals surface area contributed by atoms with Crippen molar-refractivity contribution in [1.82, 2.24) is 4.90 Å². The van der Waals surface area contributed by atoms with Crippen molar-refractivity contribution < 1.29 is 9.53 Å². The van der Waals surface area contributed by atoms with Gasteiger partial charge in [-0.15, -0.1) is 0 Å². The van der Waals surface area contributed by atoms with Crippen LogP contribution in [-0.2, 0) is 4.74 Å². The van der Waals surface area contributed by atoms with Gasteiger partial charge in [0.25, 0.3) is 5.91 Å². The van der Waals surface area contributed by atoms with E-state index in [0.717, 1.165) is 15.7 Å². The second-order valence-corrected chi connectivity index (χ2v) is 7.51. The van der Waals surface area contributed by atoms with E-state index in [-0.39, 0.29) is 11.9 Å². The van der Waals surface area contributed by atoms with Crippen LogP contribution in [0.4, 0.5) is 5.69 Å². The molecule has 0 heterocycles. The Bertz CT molecular complexity index is 799. The number of likely N-dealkylation sites (N-methyl/N-ethyl adjacent to an activating group) is 1. The Morgan fingerprint density at radius 2 is 2.03 bits per heavy atom. The molecule has 1 atom stereocenters. The van der Waals surface area contributed by atoms with E-state index in [4.69, 9.17) is 4.74 Å². The molecule has 29 heavy (non-hydrogen) atoms. The first kappa shape index (κ1) is 24.7. The number of rotatable bonds is 10. The molecule has 1 amide bonds. The van der Waals surface area contributed by atoms with Crippen molar-refractivity contribution in [1.29, 1.82) is 0 Å². The summed E-state index contributed by atoms with van der Waals surface area (Å²) >= 11 is 3.41. The lowest BCUT2D eigenvalue weighted by Gasteiger charge is -2.30. The van der Waals surface area contributed by atoms with Crippen molar-refractivity contribution in [3.8, 4) is 0 Å². The number of carbonyl (C=O) groups is 1. The molecule has 1 aromatic rings. The van der Waals surface area contributed by atoms with E-state index in [1.807, 2.05) is 72.0 Å². The molecule has 0 bridgehead atoms. The Morgan fingerprint density at radius 1 is 1.34 bits per heavy atom. The molecule has 158 valence electrons. The first-order chi connectivity index (χ1) is 13.8. The number of benzene rings is 1. The van der Waals surface area contributed by atoms with Gasteiger partial charge < -0.3 is 9.64 Å². The zero-order chi connectivity index (χ0) is 22.0. The van der Waals surface area contributed by atoms with Crippen LogP contribution in [0.5, 0.6) is 0 Å². The third-order valence-electron chi connectivity index (χ3n) is 4.43. The summed E-state index contributed by atoms with van der Waals surface area (Å²) in [5, 5.41) is 6.05. The summed E-state index contributed by atoms with van der Waals surface area (Å²) in [6, 6.07) is 5.61. The predicted molar refractivity (Wildman–Crippen MR) is 127 cm³/mol. The highest BCUT2D eigenvalue weighted by Gasteiger charge is 2.24. The molecule has 0 spiro atoms. The zero-order valence-corrected chi connectivity index (χ0v) is 19.9. The standard InChI is InChI=1S/C23H32BrN3O2/c1-8-20(24)15-14-19(6)29-16-18(5)27(10-3)23(28)21-13-11-12-17(4)22(21)26(7)25-9-2/h8-9,11-15,18H,6,10,16H2,1-5,7H3/b15-14-,20-8+,25-9-/t18-/m0/s1. The van der Waals surface area contributed by atoms with Crippen molar-refractivity contribution in [3.63, 3.8) is 0 Å².